The minimum absolute atomic E-state index is 0.0621. The van der Waals surface area contributed by atoms with E-state index in [9.17, 15) is 18.8 Å². The molecule has 2 aromatic carbocycles. The van der Waals surface area contributed by atoms with Crippen LogP contribution in [-0.2, 0) is 9.59 Å². The molecule has 3 amide bonds. The van der Waals surface area contributed by atoms with Gasteiger partial charge in [0.05, 0.1) is 19.3 Å². The summed E-state index contributed by atoms with van der Waals surface area (Å²) < 4.78 is 19.3. The highest BCUT2D eigenvalue weighted by molar-refractivity contribution is 7.10. The fourth-order valence-electron chi connectivity index (χ4n) is 4.44. The highest BCUT2D eigenvalue weighted by Crippen LogP contribution is 2.27. The van der Waals surface area contributed by atoms with Crippen LogP contribution >= 0.6 is 11.3 Å². The second-order valence-corrected chi connectivity index (χ2v) is 10.8. The van der Waals surface area contributed by atoms with Crippen LogP contribution in [0.2, 0.25) is 0 Å². The van der Waals surface area contributed by atoms with Gasteiger partial charge in [-0.05, 0) is 62.7 Å². The maximum Gasteiger partial charge on any atom is 0.251 e. The monoisotopic (exact) mass is 565 g/mol. The van der Waals surface area contributed by atoms with E-state index in [0.717, 1.165) is 10.4 Å². The SMILES string of the molecule is Cc1ccc(Oc2ccc(C(=O)NCC(=O)N3CC(CF)CC3C(=O)N[C@H](C)c3cc(C(=N)N)cs3)cc2)cc1. The number of thiophene rings is 1. The quantitative estimate of drug-likeness (QED) is 0.218. The Morgan fingerprint density at radius 2 is 1.77 bits per heavy atom. The zero-order chi connectivity index (χ0) is 28.8. The van der Waals surface area contributed by atoms with Crippen LogP contribution in [-0.4, -0.2) is 54.3 Å². The molecular weight excluding hydrogens is 533 g/mol. The average Bonchev–Trinajstić information content (AvgIpc) is 3.62. The van der Waals surface area contributed by atoms with Crippen LogP contribution in [0.25, 0.3) is 0 Å². The van der Waals surface area contributed by atoms with Gasteiger partial charge < -0.3 is 26.0 Å². The Balaban J connectivity index is 1.33. The summed E-state index contributed by atoms with van der Waals surface area (Å²) in [5.41, 5.74) is 7.55. The fraction of sp³-hybridized carbons (Fsp3) is 0.310. The molecule has 11 heteroatoms. The molecule has 1 fully saturated rings. The predicted octanol–water partition coefficient (Wildman–Crippen LogP) is 3.93. The summed E-state index contributed by atoms with van der Waals surface area (Å²) in [5, 5.41) is 14.8. The smallest absolute Gasteiger partial charge is 0.251 e. The third-order valence-electron chi connectivity index (χ3n) is 6.72. The van der Waals surface area contributed by atoms with Gasteiger partial charge in [-0.15, -0.1) is 11.3 Å². The van der Waals surface area contributed by atoms with Crippen molar-refractivity contribution in [2.75, 3.05) is 19.8 Å². The number of halogens is 1. The number of carbonyl (C=O) groups is 3. The summed E-state index contributed by atoms with van der Waals surface area (Å²) >= 11 is 1.36. The van der Waals surface area contributed by atoms with E-state index in [4.69, 9.17) is 15.9 Å². The van der Waals surface area contributed by atoms with Crippen molar-refractivity contribution in [2.45, 2.75) is 32.4 Å². The van der Waals surface area contributed by atoms with Crippen LogP contribution < -0.4 is 21.1 Å². The molecule has 3 atom stereocenters. The van der Waals surface area contributed by atoms with Crippen molar-refractivity contribution in [3.8, 4) is 11.5 Å². The van der Waals surface area contributed by atoms with E-state index >= 15 is 0 Å². The maximum atomic E-state index is 13.5. The van der Waals surface area contributed by atoms with Gasteiger partial charge in [0.25, 0.3) is 5.91 Å². The van der Waals surface area contributed by atoms with E-state index in [1.165, 1.54) is 16.2 Å². The Hall–Kier alpha value is -4.25. The van der Waals surface area contributed by atoms with Gasteiger partial charge in [-0.2, -0.15) is 0 Å². The Kier molecular flexibility index (Phi) is 9.15. The molecule has 1 aromatic heterocycles. The number of aryl methyl sites for hydroxylation is 1. The third-order valence-corrected chi connectivity index (χ3v) is 7.83. The lowest BCUT2D eigenvalue weighted by atomic mass is 10.1. The number of nitrogens with two attached hydrogens (primary N) is 1. The van der Waals surface area contributed by atoms with E-state index in [1.54, 1.807) is 42.6 Å². The van der Waals surface area contributed by atoms with Crippen molar-refractivity contribution >= 4 is 34.9 Å². The molecule has 210 valence electrons. The molecule has 9 nitrogen and oxygen atoms in total. The second-order valence-electron chi connectivity index (χ2n) is 9.82. The van der Waals surface area contributed by atoms with E-state index in [0.29, 0.717) is 22.6 Å². The summed E-state index contributed by atoms with van der Waals surface area (Å²) in [6.07, 6.45) is 0.195. The van der Waals surface area contributed by atoms with Crippen molar-refractivity contribution in [1.29, 1.82) is 5.41 Å². The van der Waals surface area contributed by atoms with Gasteiger partial charge in [-0.3, -0.25) is 24.2 Å². The number of nitrogens with one attached hydrogen (secondary N) is 3. The number of hydrogen-bond donors (Lipinski definition) is 4. The third kappa shape index (κ3) is 7.03. The first-order valence-electron chi connectivity index (χ1n) is 12.9. The largest absolute Gasteiger partial charge is 0.457 e. The molecule has 2 heterocycles. The molecule has 40 heavy (non-hydrogen) atoms. The summed E-state index contributed by atoms with van der Waals surface area (Å²) in [5.74, 6) is -0.601. The van der Waals surface area contributed by atoms with Crippen molar-refractivity contribution in [3.63, 3.8) is 0 Å². The molecule has 4 rings (SSSR count). The first-order valence-corrected chi connectivity index (χ1v) is 13.7. The minimum atomic E-state index is -0.849. The topological polar surface area (TPSA) is 138 Å². The molecule has 0 saturated carbocycles. The molecule has 0 aliphatic carbocycles. The van der Waals surface area contributed by atoms with Gasteiger partial charge in [0.2, 0.25) is 11.8 Å². The van der Waals surface area contributed by atoms with Crippen molar-refractivity contribution in [2.24, 2.45) is 11.7 Å². The lowest BCUT2D eigenvalue weighted by Crippen LogP contribution is -2.49. The highest BCUT2D eigenvalue weighted by Gasteiger charge is 2.40. The number of likely N-dealkylation sites (tertiary alicyclic amines) is 1. The van der Waals surface area contributed by atoms with E-state index < -0.39 is 36.4 Å². The molecule has 1 aliphatic rings. The first kappa shape index (κ1) is 28.8. The van der Waals surface area contributed by atoms with Crippen LogP contribution in [0.1, 0.15) is 45.7 Å². The number of alkyl halides is 1. The minimum Gasteiger partial charge on any atom is -0.457 e. The standard InChI is InChI=1S/C29H32FN5O4S/c1-17-3-7-22(8-4-17)39-23-9-5-20(6-10-23)28(37)33-14-26(36)35-15-19(13-30)11-24(35)29(38)34-18(2)25-12-21(16-40-25)27(31)32/h3-10,12,16,18-19,24H,11,13-15H2,1-2H3,(H3,31,32)(H,33,37)(H,34,38)/t18-,19?,24?/m1/s1. The Bertz CT molecular complexity index is 1380. The number of amides is 3. The number of hydrogen-bond acceptors (Lipinski definition) is 6. The summed E-state index contributed by atoms with van der Waals surface area (Å²) in [4.78, 5) is 40.9. The number of amidine groups is 1. The number of carbonyl (C=O) groups excluding carboxylic acids is 3. The highest BCUT2D eigenvalue weighted by atomic mass is 32.1. The summed E-state index contributed by atoms with van der Waals surface area (Å²) in [6.45, 7) is 2.89. The van der Waals surface area contributed by atoms with Crippen molar-refractivity contribution in [1.82, 2.24) is 15.5 Å². The zero-order valence-electron chi connectivity index (χ0n) is 22.3. The molecule has 3 aromatic rings. The van der Waals surface area contributed by atoms with Crippen LogP contribution in [0.15, 0.2) is 60.0 Å². The van der Waals surface area contributed by atoms with Crippen LogP contribution in [0.4, 0.5) is 4.39 Å². The molecule has 1 saturated heterocycles. The van der Waals surface area contributed by atoms with Crippen LogP contribution in [0, 0.1) is 18.3 Å². The Morgan fingerprint density at radius 1 is 1.12 bits per heavy atom. The summed E-state index contributed by atoms with van der Waals surface area (Å²) in [7, 11) is 0. The average molecular weight is 566 g/mol. The molecule has 5 N–H and O–H groups in total. The number of benzene rings is 2. The predicted molar refractivity (Wildman–Crippen MR) is 152 cm³/mol. The molecular formula is C29H32FN5O4S. The lowest BCUT2D eigenvalue weighted by Gasteiger charge is -2.25. The van der Waals surface area contributed by atoms with Gasteiger partial charge in [0.15, 0.2) is 0 Å². The van der Waals surface area contributed by atoms with E-state index in [-0.39, 0.29) is 31.4 Å². The second kappa shape index (κ2) is 12.7. The number of nitrogen functional groups attached to an aromatic ring is 1. The van der Waals surface area contributed by atoms with Crippen LogP contribution in [0.3, 0.4) is 0 Å². The Morgan fingerprint density at radius 3 is 2.38 bits per heavy atom. The van der Waals surface area contributed by atoms with Crippen molar-refractivity contribution < 1.29 is 23.5 Å². The first-order chi connectivity index (χ1) is 19.1. The molecule has 0 radical (unpaired) electrons. The van der Waals surface area contributed by atoms with Crippen LogP contribution in [0.5, 0.6) is 11.5 Å². The van der Waals surface area contributed by atoms with E-state index in [1.807, 2.05) is 31.2 Å². The fourth-order valence-corrected chi connectivity index (χ4v) is 5.35. The van der Waals surface area contributed by atoms with Gasteiger partial charge >= 0.3 is 0 Å². The van der Waals surface area contributed by atoms with E-state index in [2.05, 4.69) is 10.6 Å². The number of nitrogens with zero attached hydrogens (tertiary/aromatic N) is 1. The van der Waals surface area contributed by atoms with Crippen molar-refractivity contribution in [3.05, 3.63) is 81.5 Å². The molecule has 0 spiro atoms. The lowest BCUT2D eigenvalue weighted by molar-refractivity contribution is -0.138. The summed E-state index contributed by atoms with van der Waals surface area (Å²) in [6, 6.07) is 14.6. The zero-order valence-corrected chi connectivity index (χ0v) is 23.1. The van der Waals surface area contributed by atoms with Gasteiger partial charge in [-0.25, -0.2) is 0 Å². The Labute approximate surface area is 236 Å². The molecule has 2 unspecified atom stereocenters. The molecule has 1 aliphatic heterocycles. The van der Waals surface area contributed by atoms with Gasteiger partial charge in [0.1, 0.15) is 23.4 Å². The number of rotatable bonds is 10. The van der Waals surface area contributed by atoms with Gasteiger partial charge in [0, 0.05) is 33.8 Å². The maximum absolute atomic E-state index is 13.5. The van der Waals surface area contributed by atoms with Gasteiger partial charge in [-0.1, -0.05) is 17.7 Å². The number of ether oxygens (including phenoxy) is 1. The normalized spacial score (nSPS) is 17.2. The molecule has 0 bridgehead atoms.